The number of pyridine rings is 1. The molecule has 30 heavy (non-hydrogen) atoms. The minimum atomic E-state index is 0.0133. The molecule has 5 heteroatoms. The first kappa shape index (κ1) is 18.8. The Morgan fingerprint density at radius 1 is 0.967 bits per heavy atom. The van der Waals surface area contributed by atoms with Crippen LogP contribution >= 0.6 is 12.2 Å². The maximum atomic E-state index is 5.73. The molecule has 1 aliphatic rings. The van der Waals surface area contributed by atoms with Crippen molar-refractivity contribution in [2.45, 2.75) is 25.4 Å². The van der Waals surface area contributed by atoms with Gasteiger partial charge in [0.05, 0.1) is 17.8 Å². The first-order chi connectivity index (χ1) is 14.8. The number of aromatic nitrogens is 2. The number of rotatable bonds is 5. The van der Waals surface area contributed by atoms with Crippen molar-refractivity contribution in [3.63, 3.8) is 0 Å². The van der Waals surface area contributed by atoms with Crippen LogP contribution < -0.4 is 5.32 Å². The van der Waals surface area contributed by atoms with Crippen LogP contribution in [-0.2, 0) is 0 Å². The molecule has 2 aromatic carbocycles. The average molecular weight is 413 g/mol. The highest BCUT2D eigenvalue weighted by atomic mass is 32.1. The molecule has 0 saturated carbocycles. The summed E-state index contributed by atoms with van der Waals surface area (Å²) in [4.78, 5) is 6.94. The summed E-state index contributed by atoms with van der Waals surface area (Å²) in [5.74, 6) is 0. The van der Waals surface area contributed by atoms with Gasteiger partial charge in [0.2, 0.25) is 0 Å². The Kier molecular flexibility index (Phi) is 4.97. The van der Waals surface area contributed by atoms with E-state index in [2.05, 4.69) is 93.6 Å². The van der Waals surface area contributed by atoms with Crippen LogP contribution in [0.4, 0.5) is 0 Å². The quantitative estimate of drug-likeness (QED) is 0.445. The molecule has 150 valence electrons. The number of benzene rings is 2. The summed E-state index contributed by atoms with van der Waals surface area (Å²) in [6.07, 6.45) is 5.02. The molecule has 4 aromatic rings. The second-order valence-electron chi connectivity index (χ2n) is 7.65. The fourth-order valence-electron chi connectivity index (χ4n) is 4.41. The predicted octanol–water partition coefficient (Wildman–Crippen LogP) is 5.41. The molecule has 0 bridgehead atoms. The lowest BCUT2D eigenvalue weighted by molar-refractivity contribution is 0.309. The fourth-order valence-corrected chi connectivity index (χ4v) is 4.74. The topological polar surface area (TPSA) is 33.1 Å². The van der Waals surface area contributed by atoms with Gasteiger partial charge in [-0.2, -0.15) is 0 Å². The summed E-state index contributed by atoms with van der Waals surface area (Å²) < 4.78 is 2.28. The monoisotopic (exact) mass is 412 g/mol. The van der Waals surface area contributed by atoms with Gasteiger partial charge in [-0.15, -0.1) is 0 Å². The first-order valence-electron chi connectivity index (χ1n) is 10.4. The van der Waals surface area contributed by atoms with Crippen molar-refractivity contribution in [2.24, 2.45) is 0 Å². The van der Waals surface area contributed by atoms with Gasteiger partial charge in [-0.25, -0.2) is 0 Å². The van der Waals surface area contributed by atoms with Gasteiger partial charge in [0.15, 0.2) is 5.11 Å². The van der Waals surface area contributed by atoms with E-state index in [-0.39, 0.29) is 12.1 Å². The lowest BCUT2D eigenvalue weighted by Gasteiger charge is -2.28. The molecule has 2 aromatic heterocycles. The lowest BCUT2D eigenvalue weighted by atomic mass is 10.0. The second-order valence-corrected chi connectivity index (χ2v) is 8.04. The van der Waals surface area contributed by atoms with E-state index in [0.717, 1.165) is 29.5 Å². The third-order valence-electron chi connectivity index (χ3n) is 5.76. The molecule has 0 aliphatic carbocycles. The van der Waals surface area contributed by atoms with Gasteiger partial charge in [-0.1, -0.05) is 43.3 Å². The minimum Gasteiger partial charge on any atom is -0.352 e. The highest BCUT2D eigenvalue weighted by molar-refractivity contribution is 7.80. The number of nitrogens with one attached hydrogen (secondary N) is 1. The van der Waals surface area contributed by atoms with Gasteiger partial charge in [0.1, 0.15) is 0 Å². The van der Waals surface area contributed by atoms with Crippen LogP contribution in [0, 0.1) is 0 Å². The van der Waals surface area contributed by atoms with Crippen LogP contribution in [0.15, 0.2) is 85.2 Å². The van der Waals surface area contributed by atoms with E-state index in [4.69, 9.17) is 12.2 Å². The molecule has 1 fully saturated rings. The Bertz CT molecular complexity index is 1180. The van der Waals surface area contributed by atoms with Crippen LogP contribution in [0.1, 0.15) is 36.8 Å². The van der Waals surface area contributed by atoms with E-state index in [0.29, 0.717) is 0 Å². The van der Waals surface area contributed by atoms with Crippen LogP contribution in [0.25, 0.3) is 16.5 Å². The molecule has 0 spiro atoms. The molecule has 2 atom stereocenters. The summed E-state index contributed by atoms with van der Waals surface area (Å²) in [6, 6.07) is 25.6. The molecule has 4 nitrogen and oxygen atoms in total. The molecule has 1 saturated heterocycles. The highest BCUT2D eigenvalue weighted by Gasteiger charge is 2.40. The maximum Gasteiger partial charge on any atom is 0.170 e. The second kappa shape index (κ2) is 7.92. The first-order valence-corrected chi connectivity index (χ1v) is 10.8. The zero-order valence-corrected chi connectivity index (χ0v) is 17.7. The Balaban J connectivity index is 1.62. The average Bonchev–Trinajstić information content (AvgIpc) is 3.39. The maximum absolute atomic E-state index is 5.73. The van der Waals surface area contributed by atoms with Gasteiger partial charge < -0.3 is 14.8 Å². The third-order valence-corrected chi connectivity index (χ3v) is 6.11. The van der Waals surface area contributed by atoms with E-state index >= 15 is 0 Å². The van der Waals surface area contributed by atoms with E-state index in [1.54, 1.807) is 0 Å². The number of fused-ring (bicyclic) bond motifs is 1. The summed E-state index contributed by atoms with van der Waals surface area (Å²) in [6.45, 7) is 3.10. The van der Waals surface area contributed by atoms with Gasteiger partial charge in [-0.3, -0.25) is 4.98 Å². The number of thiocarbonyl (C=S) groups is 1. The van der Waals surface area contributed by atoms with E-state index in [1.165, 1.54) is 16.5 Å². The van der Waals surface area contributed by atoms with Crippen LogP contribution in [0.2, 0.25) is 0 Å². The van der Waals surface area contributed by atoms with Crippen molar-refractivity contribution in [2.75, 3.05) is 6.54 Å². The number of hydrogen-bond acceptors (Lipinski definition) is 2. The predicted molar refractivity (Wildman–Crippen MR) is 126 cm³/mol. The van der Waals surface area contributed by atoms with Crippen molar-refractivity contribution >= 4 is 28.1 Å². The standard InChI is InChI=1S/C25H24N4S/c1-2-15-29-24(23(27-25(29)30)21-10-5-6-14-26-21)22-11-7-16-28(22)20-13-12-18-8-3-4-9-19(18)17-20/h3-14,16-17,23-24H,2,15H2,1H3,(H,27,30)/t23-,24-/m0/s1. The van der Waals surface area contributed by atoms with Crippen LogP contribution in [-0.4, -0.2) is 26.1 Å². The molecular formula is C25H24N4S. The van der Waals surface area contributed by atoms with Gasteiger partial charge >= 0.3 is 0 Å². The largest absolute Gasteiger partial charge is 0.352 e. The molecule has 1 aliphatic heterocycles. The summed E-state index contributed by atoms with van der Waals surface area (Å²) in [5, 5.41) is 6.81. The third kappa shape index (κ3) is 3.25. The summed E-state index contributed by atoms with van der Waals surface area (Å²) in [7, 11) is 0. The Labute approximate surface area is 182 Å². The van der Waals surface area contributed by atoms with E-state index < -0.39 is 0 Å². The zero-order chi connectivity index (χ0) is 20.5. The van der Waals surface area contributed by atoms with Crippen molar-refractivity contribution in [1.82, 2.24) is 19.8 Å². The molecule has 0 amide bonds. The molecule has 0 unspecified atom stereocenters. The van der Waals surface area contributed by atoms with Gasteiger partial charge in [0, 0.05) is 30.3 Å². The van der Waals surface area contributed by atoms with Crippen LogP contribution in [0.5, 0.6) is 0 Å². The van der Waals surface area contributed by atoms with Crippen molar-refractivity contribution in [3.05, 3.63) is 96.6 Å². The lowest BCUT2D eigenvalue weighted by Crippen LogP contribution is -2.31. The fraction of sp³-hybridized carbons (Fsp3) is 0.200. The molecule has 1 N–H and O–H groups in total. The molecule has 5 rings (SSSR count). The summed E-state index contributed by atoms with van der Waals surface area (Å²) >= 11 is 5.73. The van der Waals surface area contributed by atoms with Crippen LogP contribution in [0.3, 0.4) is 0 Å². The Hall–Kier alpha value is -3.18. The van der Waals surface area contributed by atoms with Crippen molar-refractivity contribution in [1.29, 1.82) is 0 Å². The smallest absolute Gasteiger partial charge is 0.170 e. The molecule has 3 heterocycles. The van der Waals surface area contributed by atoms with E-state index in [9.17, 15) is 0 Å². The van der Waals surface area contributed by atoms with E-state index in [1.807, 2.05) is 18.3 Å². The summed E-state index contributed by atoms with van der Waals surface area (Å²) in [5.41, 5.74) is 3.37. The highest BCUT2D eigenvalue weighted by Crippen LogP contribution is 2.39. The number of hydrogen-bond donors (Lipinski definition) is 1. The minimum absolute atomic E-state index is 0.0133. The number of nitrogens with zero attached hydrogens (tertiary/aromatic N) is 3. The normalized spacial score (nSPS) is 18.7. The van der Waals surface area contributed by atoms with Gasteiger partial charge in [-0.05, 0) is 65.8 Å². The molecule has 0 radical (unpaired) electrons. The Morgan fingerprint density at radius 2 is 1.80 bits per heavy atom. The van der Waals surface area contributed by atoms with Gasteiger partial charge in [0.25, 0.3) is 0 Å². The SMILES string of the molecule is CCCN1C(=S)N[C@@H](c2ccccn2)[C@@H]1c1cccn1-c1ccc2ccccc2c1. The zero-order valence-electron chi connectivity index (χ0n) is 16.9. The molecular weight excluding hydrogens is 388 g/mol. The Morgan fingerprint density at radius 3 is 2.60 bits per heavy atom. The van der Waals surface area contributed by atoms with Crippen molar-refractivity contribution in [3.8, 4) is 5.69 Å². The van der Waals surface area contributed by atoms with Crippen molar-refractivity contribution < 1.29 is 0 Å².